The topological polar surface area (TPSA) is 61.5 Å². The fraction of sp³-hybridized carbons (Fsp3) is 0.652. The summed E-state index contributed by atoms with van der Waals surface area (Å²) in [6.07, 6.45) is 11.4. The molecule has 1 saturated heterocycles. The standard InChI is InChI=1S/C23H36N4O2/c1-18(2)6-5-7-19(3)8-12-26-14-10-23(11-15-26)22-20(24-17-25-22)9-13-27(23)21(28)16-29-4/h6,8,17H,5,7,9-16H2,1-4H3,(H,24,25)/b19-8+. The van der Waals surface area contributed by atoms with E-state index >= 15 is 0 Å². The Balaban J connectivity index is 1.65. The van der Waals surface area contributed by atoms with E-state index in [-0.39, 0.29) is 18.1 Å². The molecule has 0 aliphatic carbocycles. The minimum Gasteiger partial charge on any atom is -0.375 e. The molecule has 1 N–H and O–H groups in total. The predicted octanol–water partition coefficient (Wildman–Crippen LogP) is 3.42. The monoisotopic (exact) mass is 400 g/mol. The van der Waals surface area contributed by atoms with Crippen LogP contribution in [0, 0.1) is 0 Å². The third-order valence-corrected chi connectivity index (χ3v) is 6.30. The Hall–Kier alpha value is -1.92. The number of likely N-dealkylation sites (tertiary alicyclic amines) is 1. The molecule has 0 unspecified atom stereocenters. The molecule has 1 aromatic heterocycles. The van der Waals surface area contributed by atoms with Gasteiger partial charge >= 0.3 is 0 Å². The summed E-state index contributed by atoms with van der Waals surface area (Å²) in [5, 5.41) is 0. The van der Waals surface area contributed by atoms with Crippen LogP contribution in [0.1, 0.15) is 57.8 Å². The Morgan fingerprint density at radius 3 is 2.69 bits per heavy atom. The Kier molecular flexibility index (Phi) is 7.30. The van der Waals surface area contributed by atoms with Crippen LogP contribution >= 0.6 is 0 Å². The average Bonchev–Trinajstić information content (AvgIpc) is 3.18. The molecule has 6 nitrogen and oxygen atoms in total. The number of rotatable bonds is 7. The van der Waals surface area contributed by atoms with Crippen LogP contribution in [0.25, 0.3) is 0 Å². The van der Waals surface area contributed by atoms with Crippen LogP contribution in [0.2, 0.25) is 0 Å². The third kappa shape index (κ3) is 4.98. The third-order valence-electron chi connectivity index (χ3n) is 6.30. The van der Waals surface area contributed by atoms with Crippen LogP contribution in [0.3, 0.4) is 0 Å². The lowest BCUT2D eigenvalue weighted by Gasteiger charge is -2.50. The minimum absolute atomic E-state index is 0.0737. The molecule has 2 aliphatic rings. The summed E-state index contributed by atoms with van der Waals surface area (Å²) in [4.78, 5) is 25.3. The van der Waals surface area contributed by atoms with Crippen molar-refractivity contribution >= 4 is 5.91 Å². The highest BCUT2D eigenvalue weighted by molar-refractivity contribution is 5.79. The maximum atomic E-state index is 12.8. The first-order chi connectivity index (χ1) is 14.0. The fourth-order valence-electron chi connectivity index (χ4n) is 4.63. The largest absolute Gasteiger partial charge is 0.375 e. The number of hydrogen-bond acceptors (Lipinski definition) is 4. The summed E-state index contributed by atoms with van der Waals surface area (Å²) in [5.41, 5.74) is 4.81. The molecular formula is C23H36N4O2. The minimum atomic E-state index is -0.290. The van der Waals surface area contributed by atoms with Crippen LogP contribution < -0.4 is 0 Å². The lowest BCUT2D eigenvalue weighted by molar-refractivity contribution is -0.146. The van der Waals surface area contributed by atoms with Gasteiger partial charge in [-0.05, 0) is 46.5 Å². The second kappa shape index (κ2) is 9.72. The van der Waals surface area contributed by atoms with Gasteiger partial charge in [0.05, 0.1) is 17.6 Å². The molecule has 0 bridgehead atoms. The van der Waals surface area contributed by atoms with Crippen LogP contribution in [-0.2, 0) is 21.5 Å². The highest BCUT2D eigenvalue weighted by atomic mass is 16.5. The first-order valence-electron chi connectivity index (χ1n) is 10.8. The SMILES string of the molecule is COCC(=O)N1CCc2[nH]cnc2C12CCN(C/C=C(\C)CCC=C(C)C)CC2. The molecule has 3 rings (SSSR count). The Bertz CT molecular complexity index is 753. The Morgan fingerprint density at radius 1 is 1.24 bits per heavy atom. The molecule has 0 atom stereocenters. The molecule has 0 radical (unpaired) electrons. The number of methoxy groups -OCH3 is 1. The molecule has 6 heteroatoms. The number of aromatic nitrogens is 2. The molecule has 3 heterocycles. The number of aromatic amines is 1. The van der Waals surface area contributed by atoms with Gasteiger partial charge in [0.25, 0.3) is 0 Å². The van der Waals surface area contributed by atoms with Crippen molar-refractivity contribution in [1.82, 2.24) is 19.8 Å². The van der Waals surface area contributed by atoms with E-state index in [0.717, 1.165) is 64.0 Å². The van der Waals surface area contributed by atoms with Crippen molar-refractivity contribution in [3.05, 3.63) is 41.0 Å². The van der Waals surface area contributed by atoms with Gasteiger partial charge in [-0.15, -0.1) is 0 Å². The predicted molar refractivity (Wildman–Crippen MR) is 116 cm³/mol. The van der Waals surface area contributed by atoms with Gasteiger partial charge < -0.3 is 14.6 Å². The summed E-state index contributed by atoms with van der Waals surface area (Å²) < 4.78 is 5.15. The van der Waals surface area contributed by atoms with E-state index in [1.807, 2.05) is 4.90 Å². The van der Waals surface area contributed by atoms with Crippen LogP contribution in [-0.4, -0.2) is 65.6 Å². The van der Waals surface area contributed by atoms with Gasteiger partial charge in [-0.1, -0.05) is 23.3 Å². The number of piperidine rings is 1. The van der Waals surface area contributed by atoms with Crippen LogP contribution in [0.15, 0.2) is 29.6 Å². The van der Waals surface area contributed by atoms with Gasteiger partial charge in [0.1, 0.15) is 6.61 Å². The highest BCUT2D eigenvalue weighted by Gasteiger charge is 2.48. The van der Waals surface area contributed by atoms with Crippen LogP contribution in [0.4, 0.5) is 0 Å². The zero-order chi connectivity index (χ0) is 20.9. The summed E-state index contributed by atoms with van der Waals surface area (Å²) in [6.45, 7) is 10.3. The molecule has 1 fully saturated rings. The average molecular weight is 401 g/mol. The molecule has 0 saturated carbocycles. The van der Waals surface area contributed by atoms with Crippen molar-refractivity contribution in [1.29, 1.82) is 0 Å². The smallest absolute Gasteiger partial charge is 0.249 e. The van der Waals surface area contributed by atoms with E-state index in [9.17, 15) is 4.79 Å². The number of carbonyl (C=O) groups excluding carboxylic acids is 1. The molecular weight excluding hydrogens is 364 g/mol. The second-order valence-corrected chi connectivity index (χ2v) is 8.66. The molecule has 1 spiro atoms. The zero-order valence-corrected chi connectivity index (χ0v) is 18.5. The maximum Gasteiger partial charge on any atom is 0.249 e. The van der Waals surface area contributed by atoms with Crippen molar-refractivity contribution < 1.29 is 9.53 Å². The first kappa shape index (κ1) is 21.8. The van der Waals surface area contributed by atoms with Gasteiger partial charge in [-0.25, -0.2) is 4.98 Å². The lowest BCUT2D eigenvalue weighted by atomic mass is 9.78. The number of hydrogen-bond donors (Lipinski definition) is 1. The Labute approximate surface area is 175 Å². The van der Waals surface area contributed by atoms with Crippen molar-refractivity contribution in [3.8, 4) is 0 Å². The van der Waals surface area contributed by atoms with Gasteiger partial charge in [0.15, 0.2) is 0 Å². The number of fused-ring (bicyclic) bond motifs is 2. The summed E-state index contributed by atoms with van der Waals surface area (Å²) >= 11 is 0. The normalized spacial score (nSPS) is 19.3. The molecule has 160 valence electrons. The zero-order valence-electron chi connectivity index (χ0n) is 18.5. The van der Waals surface area contributed by atoms with Gasteiger partial charge in [0, 0.05) is 45.4 Å². The highest BCUT2D eigenvalue weighted by Crippen LogP contribution is 2.42. The van der Waals surface area contributed by atoms with Gasteiger partial charge in [-0.2, -0.15) is 0 Å². The van der Waals surface area contributed by atoms with Gasteiger partial charge in [-0.3, -0.25) is 9.69 Å². The second-order valence-electron chi connectivity index (χ2n) is 8.66. The maximum absolute atomic E-state index is 12.8. The van der Waals surface area contributed by atoms with E-state index in [0.29, 0.717) is 0 Å². The quantitative estimate of drug-likeness (QED) is 0.713. The van der Waals surface area contributed by atoms with E-state index in [1.165, 1.54) is 16.8 Å². The number of ether oxygens (including phenoxy) is 1. The number of nitrogens with one attached hydrogen (secondary N) is 1. The van der Waals surface area contributed by atoms with E-state index in [4.69, 9.17) is 4.74 Å². The van der Waals surface area contributed by atoms with E-state index in [1.54, 1.807) is 13.4 Å². The number of allylic oxidation sites excluding steroid dienone is 3. The van der Waals surface area contributed by atoms with E-state index in [2.05, 4.69) is 47.8 Å². The van der Waals surface area contributed by atoms with Crippen molar-refractivity contribution in [2.45, 2.75) is 58.4 Å². The summed E-state index contributed by atoms with van der Waals surface area (Å²) in [7, 11) is 1.59. The summed E-state index contributed by atoms with van der Waals surface area (Å²) in [6, 6.07) is 0. The van der Waals surface area contributed by atoms with E-state index < -0.39 is 0 Å². The molecule has 29 heavy (non-hydrogen) atoms. The molecule has 1 aromatic rings. The molecule has 2 aliphatic heterocycles. The number of imidazole rings is 1. The van der Waals surface area contributed by atoms with Gasteiger partial charge in [0.2, 0.25) is 5.91 Å². The van der Waals surface area contributed by atoms with Crippen molar-refractivity contribution in [3.63, 3.8) is 0 Å². The molecule has 1 amide bonds. The summed E-state index contributed by atoms with van der Waals surface area (Å²) in [5.74, 6) is 0.0737. The van der Waals surface area contributed by atoms with Crippen molar-refractivity contribution in [2.75, 3.05) is 39.9 Å². The number of H-pyrrole nitrogens is 1. The fourth-order valence-corrected chi connectivity index (χ4v) is 4.63. The number of carbonyl (C=O) groups is 1. The number of amides is 1. The molecule has 0 aromatic carbocycles. The number of nitrogens with zero attached hydrogens (tertiary/aromatic N) is 3. The Morgan fingerprint density at radius 2 is 2.00 bits per heavy atom. The van der Waals surface area contributed by atoms with Crippen molar-refractivity contribution in [2.24, 2.45) is 0 Å². The first-order valence-corrected chi connectivity index (χ1v) is 10.8. The van der Waals surface area contributed by atoms with Crippen LogP contribution in [0.5, 0.6) is 0 Å². The lowest BCUT2D eigenvalue weighted by Crippen LogP contribution is -2.59.